The zero-order valence-corrected chi connectivity index (χ0v) is 17.3. The van der Waals surface area contributed by atoms with Crippen molar-refractivity contribution in [3.05, 3.63) is 65.2 Å². The number of aryl methyl sites for hydroxylation is 1. The van der Waals surface area contributed by atoms with Crippen molar-refractivity contribution in [3.63, 3.8) is 0 Å². The van der Waals surface area contributed by atoms with Crippen LogP contribution in [0, 0.1) is 6.92 Å². The Morgan fingerprint density at radius 1 is 1.14 bits per heavy atom. The van der Waals surface area contributed by atoms with Crippen LogP contribution in [0.4, 0.5) is 4.79 Å². The van der Waals surface area contributed by atoms with Gasteiger partial charge >= 0.3 is 6.03 Å². The lowest BCUT2D eigenvalue weighted by Crippen LogP contribution is -2.46. The number of para-hydroxylation sites is 1. The molecule has 1 atom stereocenters. The number of nitrogens with one attached hydrogen (secondary N) is 2. The van der Waals surface area contributed by atoms with Gasteiger partial charge in [-0.05, 0) is 30.5 Å². The third-order valence-corrected chi connectivity index (χ3v) is 5.24. The van der Waals surface area contributed by atoms with Crippen molar-refractivity contribution in [3.8, 4) is 5.75 Å². The van der Waals surface area contributed by atoms with E-state index in [-0.39, 0.29) is 12.1 Å². The average Bonchev–Trinajstić information content (AvgIpc) is 2.75. The molecular weight excluding hydrogens is 366 g/mol. The summed E-state index contributed by atoms with van der Waals surface area (Å²) in [6.45, 7) is 6.41. The number of hydrogen-bond donors (Lipinski definition) is 2. The highest BCUT2D eigenvalue weighted by Gasteiger charge is 2.23. The van der Waals surface area contributed by atoms with Crippen LogP contribution in [0.5, 0.6) is 5.75 Å². The van der Waals surface area contributed by atoms with E-state index in [1.165, 1.54) is 11.1 Å². The van der Waals surface area contributed by atoms with Crippen molar-refractivity contribution in [1.82, 2.24) is 15.5 Å². The molecular formula is C23H31N3O3. The second kappa shape index (κ2) is 10.8. The second-order valence-electron chi connectivity index (χ2n) is 7.28. The third-order valence-electron chi connectivity index (χ3n) is 5.24. The summed E-state index contributed by atoms with van der Waals surface area (Å²) in [7, 11) is 1.66. The molecule has 2 amide bonds. The first-order valence-corrected chi connectivity index (χ1v) is 10.2. The number of nitrogens with zero attached hydrogens (tertiary/aromatic N) is 1. The average molecular weight is 398 g/mol. The molecule has 6 heteroatoms. The Hall–Kier alpha value is -2.57. The first-order valence-electron chi connectivity index (χ1n) is 10.2. The van der Waals surface area contributed by atoms with Crippen LogP contribution in [-0.2, 0) is 11.2 Å². The van der Waals surface area contributed by atoms with Gasteiger partial charge in [0.2, 0.25) is 0 Å². The Bertz CT molecular complexity index is 790. The van der Waals surface area contributed by atoms with Gasteiger partial charge in [0.15, 0.2) is 0 Å². The molecule has 1 unspecified atom stereocenters. The van der Waals surface area contributed by atoms with Crippen LogP contribution < -0.4 is 15.4 Å². The van der Waals surface area contributed by atoms with E-state index in [4.69, 9.17) is 9.47 Å². The minimum absolute atomic E-state index is 0.138. The maximum Gasteiger partial charge on any atom is 0.314 e. The van der Waals surface area contributed by atoms with Gasteiger partial charge in [-0.15, -0.1) is 0 Å². The van der Waals surface area contributed by atoms with Gasteiger partial charge in [-0.2, -0.15) is 0 Å². The Morgan fingerprint density at radius 2 is 1.93 bits per heavy atom. The van der Waals surface area contributed by atoms with Crippen LogP contribution in [0.25, 0.3) is 0 Å². The molecule has 0 saturated carbocycles. The number of urea groups is 1. The van der Waals surface area contributed by atoms with E-state index < -0.39 is 0 Å². The van der Waals surface area contributed by atoms with Gasteiger partial charge in [-0.1, -0.05) is 48.0 Å². The highest BCUT2D eigenvalue weighted by molar-refractivity contribution is 5.73. The van der Waals surface area contributed by atoms with E-state index in [0.29, 0.717) is 13.1 Å². The number of methoxy groups -OCH3 is 1. The van der Waals surface area contributed by atoms with Crippen molar-refractivity contribution in [2.75, 3.05) is 46.5 Å². The topological polar surface area (TPSA) is 62.8 Å². The van der Waals surface area contributed by atoms with Gasteiger partial charge in [0.05, 0.1) is 26.4 Å². The van der Waals surface area contributed by atoms with Crippen LogP contribution in [0.1, 0.15) is 22.7 Å². The lowest BCUT2D eigenvalue weighted by Gasteiger charge is -2.35. The number of ether oxygens (including phenoxy) is 2. The fourth-order valence-corrected chi connectivity index (χ4v) is 3.70. The molecule has 1 aliphatic heterocycles. The third kappa shape index (κ3) is 6.21. The lowest BCUT2D eigenvalue weighted by atomic mass is 10.0. The molecule has 3 rings (SSSR count). The van der Waals surface area contributed by atoms with Crippen molar-refractivity contribution in [1.29, 1.82) is 0 Å². The summed E-state index contributed by atoms with van der Waals surface area (Å²) in [5.74, 6) is 0.849. The summed E-state index contributed by atoms with van der Waals surface area (Å²) in [6, 6.07) is 16.4. The lowest BCUT2D eigenvalue weighted by molar-refractivity contribution is 0.0167. The fourth-order valence-electron chi connectivity index (χ4n) is 3.70. The SMILES string of the molecule is COc1ccccc1CCNC(=O)NCC(c1cccc(C)c1)N1CCOCC1. The van der Waals surface area contributed by atoms with Gasteiger partial charge in [0.1, 0.15) is 5.75 Å². The first-order chi connectivity index (χ1) is 14.2. The molecule has 0 aromatic heterocycles. The molecule has 2 N–H and O–H groups in total. The van der Waals surface area contributed by atoms with Gasteiger partial charge in [-0.3, -0.25) is 4.90 Å². The van der Waals surface area contributed by atoms with E-state index in [9.17, 15) is 4.79 Å². The quantitative estimate of drug-likeness (QED) is 0.719. The highest BCUT2D eigenvalue weighted by atomic mass is 16.5. The molecule has 1 saturated heterocycles. The largest absolute Gasteiger partial charge is 0.496 e. The molecule has 1 aliphatic rings. The summed E-state index contributed by atoms with van der Waals surface area (Å²) < 4.78 is 10.9. The Kier molecular flexibility index (Phi) is 7.90. The number of carbonyl (C=O) groups is 1. The molecule has 2 aromatic carbocycles. The molecule has 1 heterocycles. The van der Waals surface area contributed by atoms with E-state index in [0.717, 1.165) is 44.0 Å². The maximum absolute atomic E-state index is 12.4. The van der Waals surface area contributed by atoms with Crippen LogP contribution in [0.2, 0.25) is 0 Å². The molecule has 2 aromatic rings. The second-order valence-corrected chi connectivity index (χ2v) is 7.28. The number of hydrogen-bond acceptors (Lipinski definition) is 4. The number of rotatable bonds is 8. The van der Waals surface area contributed by atoms with Crippen molar-refractivity contribution < 1.29 is 14.3 Å². The molecule has 156 valence electrons. The molecule has 0 bridgehead atoms. The number of amides is 2. The highest BCUT2D eigenvalue weighted by Crippen LogP contribution is 2.22. The van der Waals surface area contributed by atoms with Gasteiger partial charge in [0.25, 0.3) is 0 Å². The van der Waals surface area contributed by atoms with E-state index in [1.54, 1.807) is 7.11 Å². The van der Waals surface area contributed by atoms with E-state index in [1.807, 2.05) is 24.3 Å². The standard InChI is InChI=1S/C23H31N3O3/c1-18-6-5-8-20(16-18)21(26-12-14-29-15-13-26)17-25-23(27)24-11-10-19-7-3-4-9-22(19)28-2/h3-9,16,21H,10-15,17H2,1-2H3,(H2,24,25,27). The predicted molar refractivity (Wildman–Crippen MR) is 114 cm³/mol. The zero-order valence-electron chi connectivity index (χ0n) is 17.3. The Labute approximate surface area is 173 Å². The normalized spacial score (nSPS) is 15.5. The number of carbonyl (C=O) groups excluding carboxylic acids is 1. The molecule has 29 heavy (non-hydrogen) atoms. The predicted octanol–water partition coefficient (Wildman–Crippen LogP) is 2.92. The van der Waals surface area contributed by atoms with Crippen LogP contribution in [-0.4, -0.2) is 57.4 Å². The van der Waals surface area contributed by atoms with Gasteiger partial charge in [-0.25, -0.2) is 4.79 Å². The monoisotopic (exact) mass is 397 g/mol. The zero-order chi connectivity index (χ0) is 20.5. The molecule has 6 nitrogen and oxygen atoms in total. The van der Waals surface area contributed by atoms with Crippen LogP contribution in [0.15, 0.2) is 48.5 Å². The summed E-state index contributed by atoms with van der Waals surface area (Å²) in [5, 5.41) is 6.00. The minimum Gasteiger partial charge on any atom is -0.496 e. The first kappa shape index (κ1) is 21.1. The number of morpholine rings is 1. The Morgan fingerprint density at radius 3 is 2.69 bits per heavy atom. The van der Waals surface area contributed by atoms with Crippen LogP contribution >= 0.6 is 0 Å². The fraction of sp³-hybridized carbons (Fsp3) is 0.435. The molecule has 1 fully saturated rings. The van der Waals surface area contributed by atoms with E-state index in [2.05, 4.69) is 46.7 Å². The van der Waals surface area contributed by atoms with Gasteiger partial charge in [0, 0.05) is 26.2 Å². The summed E-state index contributed by atoms with van der Waals surface area (Å²) >= 11 is 0. The summed E-state index contributed by atoms with van der Waals surface area (Å²) in [5.41, 5.74) is 3.53. The maximum atomic E-state index is 12.4. The minimum atomic E-state index is -0.147. The smallest absolute Gasteiger partial charge is 0.314 e. The number of benzene rings is 2. The summed E-state index contributed by atoms with van der Waals surface area (Å²) in [4.78, 5) is 14.8. The summed E-state index contributed by atoms with van der Waals surface area (Å²) in [6.07, 6.45) is 0.724. The van der Waals surface area contributed by atoms with Gasteiger partial charge < -0.3 is 20.1 Å². The molecule has 0 radical (unpaired) electrons. The van der Waals surface area contributed by atoms with Crippen molar-refractivity contribution in [2.45, 2.75) is 19.4 Å². The van der Waals surface area contributed by atoms with E-state index >= 15 is 0 Å². The van der Waals surface area contributed by atoms with Crippen LogP contribution in [0.3, 0.4) is 0 Å². The van der Waals surface area contributed by atoms with Crippen molar-refractivity contribution in [2.24, 2.45) is 0 Å². The van der Waals surface area contributed by atoms with Crippen molar-refractivity contribution >= 4 is 6.03 Å². The Balaban J connectivity index is 1.53. The molecule has 0 spiro atoms. The molecule has 0 aliphatic carbocycles.